The zero-order chi connectivity index (χ0) is 23.7. The van der Waals surface area contributed by atoms with E-state index in [0.29, 0.717) is 51.7 Å². The van der Waals surface area contributed by atoms with Crippen molar-refractivity contribution >= 4 is 33.6 Å². The lowest BCUT2D eigenvalue weighted by atomic mass is 10.00. The van der Waals surface area contributed by atoms with Crippen LogP contribution in [0.2, 0.25) is 0 Å². The van der Waals surface area contributed by atoms with Crippen LogP contribution >= 0.6 is 0 Å². The molecule has 0 saturated carbocycles. The number of rotatable bonds is 6. The second-order valence-corrected chi connectivity index (χ2v) is 8.30. The number of nitrogens with two attached hydrogens (primary N) is 2. The van der Waals surface area contributed by atoms with E-state index in [1.54, 1.807) is 27.3 Å². The van der Waals surface area contributed by atoms with Gasteiger partial charge in [0.05, 0.1) is 36.3 Å². The van der Waals surface area contributed by atoms with Crippen molar-refractivity contribution < 1.29 is 19.0 Å². The molecule has 0 amide bonds. The molecule has 0 atom stereocenters. The molecule has 10 heteroatoms. The number of nitrogens with zero attached hydrogens (tertiary/aromatic N) is 4. The molecule has 1 aliphatic rings. The maximum absolute atomic E-state index is 12.7. The fourth-order valence-electron chi connectivity index (χ4n) is 4.58. The Kier molecular flexibility index (Phi) is 6.39. The molecule has 3 aromatic heterocycles. The quantitative estimate of drug-likeness (QED) is 0.327. The number of aromatic nitrogens is 3. The van der Waals surface area contributed by atoms with E-state index in [1.807, 2.05) is 6.07 Å². The van der Waals surface area contributed by atoms with E-state index < -0.39 is 5.97 Å². The smallest absolute Gasteiger partial charge is 0.341 e. The molecule has 10 nitrogen and oxygen atoms in total. The maximum atomic E-state index is 12.7. The van der Waals surface area contributed by atoms with E-state index in [2.05, 4.69) is 9.55 Å². The van der Waals surface area contributed by atoms with Gasteiger partial charge in [-0.05, 0) is 31.7 Å². The number of hydrogen-bond donors (Lipinski definition) is 2. The third kappa shape index (κ3) is 4.07. The van der Waals surface area contributed by atoms with E-state index in [9.17, 15) is 4.79 Å². The molecule has 4 heterocycles. The third-order valence-electron chi connectivity index (χ3n) is 6.06. The summed E-state index contributed by atoms with van der Waals surface area (Å²) < 4.78 is 18.3. The van der Waals surface area contributed by atoms with Gasteiger partial charge in [0.15, 0.2) is 0 Å². The van der Waals surface area contributed by atoms with Crippen LogP contribution < -0.4 is 16.3 Å². The molecule has 0 aromatic carbocycles. The Bertz CT molecular complexity index is 1220. The van der Waals surface area contributed by atoms with E-state index in [4.69, 9.17) is 30.8 Å². The molecule has 3 aromatic rings. The fraction of sp³-hybridized carbons (Fsp3) is 0.435. The number of carbonyl (C=O) groups excluding carboxylic acids is 1. The Labute approximate surface area is 192 Å². The minimum absolute atomic E-state index is 0.363. The maximum Gasteiger partial charge on any atom is 0.341 e. The van der Waals surface area contributed by atoms with E-state index in [-0.39, 0.29) is 0 Å². The summed E-state index contributed by atoms with van der Waals surface area (Å²) in [6.07, 6.45) is 5.08. The van der Waals surface area contributed by atoms with Gasteiger partial charge in [0, 0.05) is 50.5 Å². The van der Waals surface area contributed by atoms with Gasteiger partial charge in [0.1, 0.15) is 11.1 Å². The average molecular weight is 455 g/mol. The fourth-order valence-corrected chi connectivity index (χ4v) is 4.58. The highest BCUT2D eigenvalue weighted by Crippen LogP contribution is 2.38. The Balaban J connectivity index is 2.06. The predicted molar refractivity (Wildman–Crippen MR) is 125 cm³/mol. The molecule has 1 saturated heterocycles. The number of pyridine rings is 2. The molecule has 0 spiro atoms. The van der Waals surface area contributed by atoms with Crippen LogP contribution in [0, 0.1) is 5.92 Å². The van der Waals surface area contributed by atoms with Gasteiger partial charge < -0.3 is 29.5 Å². The van der Waals surface area contributed by atoms with Crippen molar-refractivity contribution in [2.75, 3.05) is 34.5 Å². The van der Waals surface area contributed by atoms with Crippen molar-refractivity contribution in [1.29, 1.82) is 0 Å². The van der Waals surface area contributed by atoms with Crippen molar-refractivity contribution in [3.63, 3.8) is 0 Å². The topological polar surface area (TPSA) is 131 Å². The van der Waals surface area contributed by atoms with Gasteiger partial charge in [0.2, 0.25) is 5.88 Å². The second kappa shape index (κ2) is 9.24. The zero-order valence-electron chi connectivity index (χ0n) is 19.4. The average Bonchev–Trinajstić information content (AvgIpc) is 3.12. The lowest BCUT2D eigenvalue weighted by molar-refractivity contribution is 0.0595. The highest BCUT2D eigenvalue weighted by Gasteiger charge is 2.26. The number of esters is 1. The summed E-state index contributed by atoms with van der Waals surface area (Å²) in [6.45, 7) is 3.92. The first kappa shape index (κ1) is 22.8. The number of ether oxygens (including phenoxy) is 3. The summed E-state index contributed by atoms with van der Waals surface area (Å²) in [4.78, 5) is 21.8. The van der Waals surface area contributed by atoms with E-state index in [0.717, 1.165) is 37.1 Å². The summed E-state index contributed by atoms with van der Waals surface area (Å²) >= 11 is 0. The molecule has 4 N–H and O–H groups in total. The Morgan fingerprint density at radius 1 is 1.27 bits per heavy atom. The van der Waals surface area contributed by atoms with Crippen LogP contribution in [-0.2, 0) is 16.0 Å². The molecule has 0 aliphatic carbocycles. The highest BCUT2D eigenvalue weighted by atomic mass is 16.5. The third-order valence-corrected chi connectivity index (χ3v) is 6.06. The van der Waals surface area contributed by atoms with Gasteiger partial charge in [-0.3, -0.25) is 4.98 Å². The van der Waals surface area contributed by atoms with Crippen LogP contribution in [0.3, 0.4) is 0 Å². The number of fused-ring (bicyclic) bond motifs is 3. The van der Waals surface area contributed by atoms with Crippen molar-refractivity contribution in [3.8, 4) is 5.88 Å². The lowest BCUT2D eigenvalue weighted by Crippen LogP contribution is -2.26. The standard InChI is InChI=1S/C23H30N6O4/c1-13(24)20(28(2)25)15-9-17-19(26-10-15)18-21(29(17)12-14-5-7-33-8-6-14)16(23(30)32-4)11-27-22(18)31-3/h9-11,14H,5-8,12,24-25H2,1-4H3/b20-13-. The molecule has 33 heavy (non-hydrogen) atoms. The first-order valence-corrected chi connectivity index (χ1v) is 10.8. The van der Waals surface area contributed by atoms with E-state index in [1.165, 1.54) is 18.3 Å². The van der Waals surface area contributed by atoms with Gasteiger partial charge in [-0.1, -0.05) is 0 Å². The zero-order valence-corrected chi connectivity index (χ0v) is 19.4. The molecule has 0 radical (unpaired) electrons. The van der Waals surface area contributed by atoms with Crippen LogP contribution in [0.5, 0.6) is 5.88 Å². The molecule has 176 valence electrons. The minimum Gasteiger partial charge on any atom is -0.480 e. The van der Waals surface area contributed by atoms with Crippen LogP contribution in [0.4, 0.5) is 0 Å². The number of methoxy groups -OCH3 is 2. The SMILES string of the molecule is COC(=O)c1cnc(OC)c2c3ncc(/C(=C(\C)N)N(C)N)cc3n(CC3CCOCC3)c12. The van der Waals surface area contributed by atoms with Crippen molar-refractivity contribution in [3.05, 3.63) is 35.3 Å². The molecule has 0 unspecified atom stereocenters. The molecular formula is C23H30N6O4. The minimum atomic E-state index is -0.466. The van der Waals surface area contributed by atoms with Gasteiger partial charge in [-0.2, -0.15) is 0 Å². The highest BCUT2D eigenvalue weighted by molar-refractivity contribution is 6.15. The monoisotopic (exact) mass is 454 g/mol. The first-order valence-electron chi connectivity index (χ1n) is 10.8. The Hall–Kier alpha value is -3.37. The summed E-state index contributed by atoms with van der Waals surface area (Å²) in [5, 5.41) is 2.15. The van der Waals surface area contributed by atoms with Crippen LogP contribution in [0.25, 0.3) is 27.6 Å². The molecule has 4 rings (SSSR count). The largest absolute Gasteiger partial charge is 0.480 e. The first-order chi connectivity index (χ1) is 15.9. The Morgan fingerprint density at radius 3 is 2.61 bits per heavy atom. The Morgan fingerprint density at radius 2 is 2.00 bits per heavy atom. The van der Waals surface area contributed by atoms with Gasteiger partial charge >= 0.3 is 5.97 Å². The second-order valence-electron chi connectivity index (χ2n) is 8.30. The van der Waals surface area contributed by atoms with Crippen molar-refractivity contribution in [2.45, 2.75) is 26.3 Å². The van der Waals surface area contributed by atoms with E-state index >= 15 is 0 Å². The number of carbonyl (C=O) groups is 1. The van der Waals surface area contributed by atoms with Crippen LogP contribution in [-0.4, -0.2) is 60.0 Å². The van der Waals surface area contributed by atoms with Gasteiger partial charge in [-0.25, -0.2) is 15.6 Å². The summed E-state index contributed by atoms with van der Waals surface area (Å²) in [5.41, 5.74) is 10.7. The molecular weight excluding hydrogens is 424 g/mol. The van der Waals surface area contributed by atoms with Crippen molar-refractivity contribution in [2.24, 2.45) is 17.5 Å². The number of hydrazine groups is 1. The lowest BCUT2D eigenvalue weighted by Gasteiger charge is -2.24. The van der Waals surface area contributed by atoms with Gasteiger partial charge in [0.25, 0.3) is 0 Å². The van der Waals surface area contributed by atoms with Crippen LogP contribution in [0.15, 0.2) is 24.2 Å². The summed E-state index contributed by atoms with van der Waals surface area (Å²) in [7, 11) is 4.64. The summed E-state index contributed by atoms with van der Waals surface area (Å²) in [5.74, 6) is 6.38. The predicted octanol–water partition coefficient (Wildman–Crippen LogP) is 2.26. The van der Waals surface area contributed by atoms with Gasteiger partial charge in [-0.15, -0.1) is 0 Å². The number of hydrogen-bond acceptors (Lipinski definition) is 9. The molecule has 1 fully saturated rings. The summed E-state index contributed by atoms with van der Waals surface area (Å²) in [6, 6.07) is 2.00. The number of allylic oxidation sites excluding steroid dienone is 1. The molecule has 1 aliphatic heterocycles. The molecule has 0 bridgehead atoms. The normalized spacial score (nSPS) is 15.5. The van der Waals surface area contributed by atoms with Crippen LogP contribution in [0.1, 0.15) is 35.7 Å². The van der Waals surface area contributed by atoms with Crippen molar-refractivity contribution in [1.82, 2.24) is 19.5 Å².